The summed E-state index contributed by atoms with van der Waals surface area (Å²) >= 11 is 0. The van der Waals surface area contributed by atoms with Crippen molar-refractivity contribution in [2.45, 2.75) is 20.4 Å². The summed E-state index contributed by atoms with van der Waals surface area (Å²) in [6, 6.07) is 6.20. The second-order valence-electron chi connectivity index (χ2n) is 5.92. The van der Waals surface area contributed by atoms with Crippen molar-refractivity contribution in [2.24, 2.45) is 5.92 Å². The van der Waals surface area contributed by atoms with Crippen LogP contribution in [0.4, 0.5) is 9.18 Å². The molecule has 0 saturated carbocycles. The van der Waals surface area contributed by atoms with Gasteiger partial charge < -0.3 is 15.1 Å². The van der Waals surface area contributed by atoms with Gasteiger partial charge in [-0.05, 0) is 12.0 Å². The van der Waals surface area contributed by atoms with Gasteiger partial charge in [-0.1, -0.05) is 32.0 Å². The van der Waals surface area contributed by atoms with Crippen LogP contribution in [0.25, 0.3) is 0 Å². The van der Waals surface area contributed by atoms with Crippen LogP contribution in [0.15, 0.2) is 24.3 Å². The van der Waals surface area contributed by atoms with Crippen molar-refractivity contribution in [3.05, 3.63) is 35.6 Å². The van der Waals surface area contributed by atoms with Gasteiger partial charge in [-0.25, -0.2) is 9.18 Å². The Balaban J connectivity index is 1.87. The summed E-state index contributed by atoms with van der Waals surface area (Å²) in [6.45, 7) is 5.90. The Morgan fingerprint density at radius 2 is 1.95 bits per heavy atom. The summed E-state index contributed by atoms with van der Waals surface area (Å²) in [6.07, 6.45) is 0. The van der Waals surface area contributed by atoms with Crippen molar-refractivity contribution in [2.75, 3.05) is 26.2 Å². The van der Waals surface area contributed by atoms with E-state index in [2.05, 4.69) is 5.32 Å². The Morgan fingerprint density at radius 1 is 1.27 bits per heavy atom. The molecule has 0 aliphatic carbocycles. The lowest BCUT2D eigenvalue weighted by atomic mass is 10.2. The van der Waals surface area contributed by atoms with Crippen LogP contribution in [0.3, 0.4) is 0 Å². The van der Waals surface area contributed by atoms with Crippen LogP contribution >= 0.6 is 0 Å². The lowest BCUT2D eigenvalue weighted by Gasteiger charge is -2.19. The van der Waals surface area contributed by atoms with E-state index in [-0.39, 0.29) is 30.8 Å². The van der Waals surface area contributed by atoms with Crippen LogP contribution in [-0.4, -0.2) is 47.9 Å². The van der Waals surface area contributed by atoms with E-state index in [4.69, 9.17) is 0 Å². The minimum absolute atomic E-state index is 0.0549. The molecule has 6 heteroatoms. The minimum atomic E-state index is -0.316. The van der Waals surface area contributed by atoms with Gasteiger partial charge in [0.15, 0.2) is 0 Å². The van der Waals surface area contributed by atoms with E-state index >= 15 is 0 Å². The highest BCUT2D eigenvalue weighted by Gasteiger charge is 2.30. The summed E-state index contributed by atoms with van der Waals surface area (Å²) < 4.78 is 13.6. The zero-order valence-electron chi connectivity index (χ0n) is 13.0. The van der Waals surface area contributed by atoms with Gasteiger partial charge in [-0.15, -0.1) is 0 Å². The molecular weight excluding hydrogens is 285 g/mol. The molecule has 0 radical (unpaired) electrons. The van der Waals surface area contributed by atoms with E-state index in [9.17, 15) is 14.0 Å². The quantitative estimate of drug-likeness (QED) is 0.872. The lowest BCUT2D eigenvalue weighted by molar-refractivity contribution is -0.121. The number of amides is 3. The van der Waals surface area contributed by atoms with Gasteiger partial charge >= 0.3 is 6.03 Å². The van der Waals surface area contributed by atoms with E-state index in [0.29, 0.717) is 31.1 Å². The molecule has 3 amide bonds. The first-order chi connectivity index (χ1) is 10.5. The Morgan fingerprint density at radius 3 is 2.64 bits per heavy atom. The molecule has 22 heavy (non-hydrogen) atoms. The number of nitrogens with one attached hydrogen (secondary N) is 1. The highest BCUT2D eigenvalue weighted by Crippen LogP contribution is 2.15. The molecule has 1 N–H and O–H groups in total. The summed E-state index contributed by atoms with van der Waals surface area (Å²) in [5, 5.41) is 2.79. The highest BCUT2D eigenvalue weighted by atomic mass is 19.1. The second-order valence-corrected chi connectivity index (χ2v) is 5.92. The predicted octanol–water partition coefficient (Wildman–Crippen LogP) is 1.84. The standard InChI is InChI=1S/C16H22FN3O2/c1-12(2)9-18-15(21)11-20-8-7-19(16(20)22)10-13-5-3-4-6-14(13)17/h3-6,12H,7-11H2,1-2H3,(H,18,21). The van der Waals surface area contributed by atoms with Gasteiger partial charge in [0.05, 0.1) is 6.54 Å². The maximum absolute atomic E-state index is 13.6. The fourth-order valence-electron chi connectivity index (χ4n) is 2.31. The van der Waals surface area contributed by atoms with E-state index < -0.39 is 0 Å². The molecule has 0 aromatic heterocycles. The number of carbonyl (C=O) groups is 2. The van der Waals surface area contributed by atoms with Crippen molar-refractivity contribution in [3.8, 4) is 0 Å². The molecule has 2 rings (SSSR count). The Labute approximate surface area is 130 Å². The molecule has 0 unspecified atom stereocenters. The molecule has 0 spiro atoms. The number of rotatable bonds is 6. The van der Waals surface area contributed by atoms with Crippen molar-refractivity contribution < 1.29 is 14.0 Å². The zero-order valence-corrected chi connectivity index (χ0v) is 13.0. The summed E-state index contributed by atoms with van der Waals surface area (Å²) in [5.41, 5.74) is 0.488. The third-order valence-electron chi connectivity index (χ3n) is 3.54. The third-order valence-corrected chi connectivity index (χ3v) is 3.54. The molecule has 1 aliphatic heterocycles. The van der Waals surface area contributed by atoms with Gasteiger partial charge in [-0.2, -0.15) is 0 Å². The molecule has 1 fully saturated rings. The Hall–Kier alpha value is -2.11. The number of hydrogen-bond donors (Lipinski definition) is 1. The fourth-order valence-corrected chi connectivity index (χ4v) is 2.31. The average Bonchev–Trinajstić information content (AvgIpc) is 2.80. The molecule has 1 aromatic rings. The first kappa shape index (κ1) is 16.3. The van der Waals surface area contributed by atoms with Crippen LogP contribution in [0.5, 0.6) is 0 Å². The van der Waals surface area contributed by atoms with E-state index in [1.54, 1.807) is 23.1 Å². The maximum Gasteiger partial charge on any atom is 0.320 e. The summed E-state index contributed by atoms with van der Waals surface area (Å²) in [4.78, 5) is 27.1. The van der Waals surface area contributed by atoms with Gasteiger partial charge in [0.25, 0.3) is 0 Å². The number of urea groups is 1. The van der Waals surface area contributed by atoms with Crippen LogP contribution < -0.4 is 5.32 Å². The monoisotopic (exact) mass is 307 g/mol. The van der Waals surface area contributed by atoms with Crippen molar-refractivity contribution in [3.63, 3.8) is 0 Å². The van der Waals surface area contributed by atoms with Crippen LogP contribution in [-0.2, 0) is 11.3 Å². The van der Waals surface area contributed by atoms with Crippen LogP contribution in [0, 0.1) is 11.7 Å². The van der Waals surface area contributed by atoms with Crippen molar-refractivity contribution in [1.29, 1.82) is 0 Å². The smallest absolute Gasteiger partial charge is 0.320 e. The minimum Gasteiger partial charge on any atom is -0.354 e. The highest BCUT2D eigenvalue weighted by molar-refractivity contribution is 5.85. The van der Waals surface area contributed by atoms with E-state index in [1.807, 2.05) is 13.8 Å². The first-order valence-corrected chi connectivity index (χ1v) is 7.51. The van der Waals surface area contributed by atoms with Gasteiger partial charge in [-0.3, -0.25) is 4.79 Å². The largest absolute Gasteiger partial charge is 0.354 e. The average molecular weight is 307 g/mol. The molecule has 0 bridgehead atoms. The van der Waals surface area contributed by atoms with Crippen LogP contribution in [0.1, 0.15) is 19.4 Å². The molecule has 1 aliphatic rings. The maximum atomic E-state index is 13.6. The van der Waals surface area contributed by atoms with Crippen molar-refractivity contribution >= 4 is 11.9 Å². The number of halogens is 1. The number of nitrogens with zero attached hydrogens (tertiary/aromatic N) is 2. The zero-order chi connectivity index (χ0) is 16.1. The third kappa shape index (κ3) is 4.19. The molecule has 1 heterocycles. The predicted molar refractivity (Wildman–Crippen MR) is 81.6 cm³/mol. The van der Waals surface area contributed by atoms with E-state index in [0.717, 1.165) is 0 Å². The number of carbonyl (C=O) groups excluding carboxylic acids is 2. The molecule has 5 nitrogen and oxygen atoms in total. The molecule has 0 atom stereocenters. The SMILES string of the molecule is CC(C)CNC(=O)CN1CCN(Cc2ccccc2F)C1=O. The topological polar surface area (TPSA) is 52.7 Å². The molecule has 1 aromatic carbocycles. The van der Waals surface area contributed by atoms with Crippen molar-refractivity contribution in [1.82, 2.24) is 15.1 Å². The Bertz CT molecular complexity index is 548. The van der Waals surface area contributed by atoms with Gasteiger partial charge in [0.1, 0.15) is 12.4 Å². The van der Waals surface area contributed by atoms with E-state index in [1.165, 1.54) is 11.0 Å². The lowest BCUT2D eigenvalue weighted by Crippen LogP contribution is -2.40. The summed E-state index contributed by atoms with van der Waals surface area (Å²) in [7, 11) is 0. The Kier molecular flexibility index (Phi) is 5.35. The first-order valence-electron chi connectivity index (χ1n) is 7.51. The fraction of sp³-hybridized carbons (Fsp3) is 0.500. The second kappa shape index (κ2) is 7.24. The summed E-state index contributed by atoms with van der Waals surface area (Å²) in [5.74, 6) is -0.103. The van der Waals surface area contributed by atoms with Gasteiger partial charge in [0.2, 0.25) is 5.91 Å². The number of benzene rings is 1. The van der Waals surface area contributed by atoms with Gasteiger partial charge in [0, 0.05) is 25.2 Å². The number of hydrogen-bond acceptors (Lipinski definition) is 2. The normalized spacial score (nSPS) is 14.8. The molecule has 120 valence electrons. The van der Waals surface area contributed by atoms with Crippen LogP contribution in [0.2, 0.25) is 0 Å². The molecule has 1 saturated heterocycles. The molecular formula is C16H22FN3O2.